The first-order valence-electron chi connectivity index (χ1n) is 44.7. The summed E-state index contributed by atoms with van der Waals surface area (Å²) >= 11 is 7.00. The number of nitrogens with zero attached hydrogens (tertiary/aromatic N) is 7. The number of hydrogen-bond donors (Lipinski definition) is 6. The third kappa shape index (κ3) is 21.3. The van der Waals surface area contributed by atoms with Gasteiger partial charge in [-0.1, -0.05) is 195 Å². The Kier molecular flexibility index (Phi) is 29.9. The molecular weight excluding hydrogens is 1770 g/mol. The summed E-state index contributed by atoms with van der Waals surface area (Å²) in [4.78, 5) is 134. The smallest absolute Gasteiger partial charge is 0.453 e. The maximum atomic E-state index is 13.9. The number of aromatic nitrogens is 4. The maximum absolute atomic E-state index is 13.9. The Morgan fingerprint density at radius 3 is 1.40 bits per heavy atom. The Morgan fingerprint density at radius 1 is 0.470 bits per heavy atom. The summed E-state index contributed by atoms with van der Waals surface area (Å²) in [5.41, 5.74) is 14.0. The second-order valence-corrected chi connectivity index (χ2v) is 38.8. The minimum atomic E-state index is -0.878. The van der Waals surface area contributed by atoms with E-state index in [9.17, 15) is 38.4 Å². The van der Waals surface area contributed by atoms with Crippen molar-refractivity contribution in [2.24, 2.45) is 27.7 Å². The number of carbonyl (C=O) groups excluding carboxylic acids is 8. The number of ether oxygens (including phenoxy) is 4. The van der Waals surface area contributed by atoms with Crippen LogP contribution in [0.5, 0.6) is 0 Å². The number of H-pyrrole nitrogens is 2. The van der Waals surface area contributed by atoms with E-state index in [1.807, 2.05) is 164 Å². The molecule has 0 aliphatic carbocycles. The number of Topliss-reactive ketones (excluding diaryl/α,β-unsaturated/α-hetero) is 1. The number of methoxy groups -OCH3 is 4. The fraction of sp³-hybridized carbons (Fsp3) is 0.366. The predicted molar refractivity (Wildman–Crippen MR) is 521 cm³/mol. The predicted octanol–water partition coefficient (Wildman–Crippen LogP) is 18.1. The number of ketones is 1. The van der Waals surface area contributed by atoms with E-state index in [-0.39, 0.29) is 75.2 Å². The fourth-order valence-corrected chi connectivity index (χ4v) is 20.9. The molecule has 5 fully saturated rings. The van der Waals surface area contributed by atoms with Crippen LogP contribution in [-0.4, -0.2) is 195 Å². The van der Waals surface area contributed by atoms with Gasteiger partial charge in [-0.2, -0.15) is 11.8 Å². The highest BCUT2D eigenvalue weighted by atomic mass is 79.9. The van der Waals surface area contributed by atoms with Gasteiger partial charge in [-0.25, -0.2) is 29.1 Å². The first-order chi connectivity index (χ1) is 63.6. The highest BCUT2D eigenvalue weighted by molar-refractivity contribution is 9.10. The fourth-order valence-electron chi connectivity index (χ4n) is 17.8. The summed E-state index contributed by atoms with van der Waals surface area (Å²) in [5, 5.41) is 15.2. The van der Waals surface area contributed by atoms with E-state index in [1.54, 1.807) is 33.3 Å². The average Bonchev–Trinajstić information content (AvgIpc) is 1.61. The van der Waals surface area contributed by atoms with Gasteiger partial charge in [-0.15, -0.1) is 11.8 Å². The number of halogens is 1. The van der Waals surface area contributed by atoms with Crippen LogP contribution in [-0.2, 0) is 47.4 Å². The highest BCUT2D eigenvalue weighted by Gasteiger charge is 2.52. The molecule has 7 amide bonds. The first kappa shape index (κ1) is 94.5. The molecule has 686 valence electrons. The maximum Gasteiger partial charge on any atom is 0.494 e. The molecule has 31 heteroatoms. The summed E-state index contributed by atoms with van der Waals surface area (Å²) in [6.07, 6.45) is 10.3. The van der Waals surface area contributed by atoms with Crippen molar-refractivity contribution in [2.75, 3.05) is 59.6 Å². The van der Waals surface area contributed by atoms with Crippen LogP contribution >= 0.6 is 39.5 Å². The number of carbonyl (C=O) groups is 8. The summed E-state index contributed by atoms with van der Waals surface area (Å²) in [6.45, 7) is 17.7. The van der Waals surface area contributed by atoms with E-state index < -0.39 is 55.7 Å². The normalized spacial score (nSPS) is 19.8. The lowest BCUT2D eigenvalue weighted by Crippen LogP contribution is -2.53. The monoisotopic (exact) mass is 1880 g/mol. The van der Waals surface area contributed by atoms with E-state index >= 15 is 0 Å². The molecule has 10 aromatic rings. The van der Waals surface area contributed by atoms with E-state index in [2.05, 4.69) is 155 Å². The third-order valence-electron chi connectivity index (χ3n) is 25.8. The zero-order valence-corrected chi connectivity index (χ0v) is 79.3. The number of hydrogen-bond acceptors (Lipinski definition) is 20. The Balaban J connectivity index is 0.000000161. The van der Waals surface area contributed by atoms with Crippen LogP contribution in [0.25, 0.3) is 66.3 Å². The number of aromatic amines is 2. The molecule has 0 saturated carbocycles. The standard InChI is InChI=1S/C48H50N6O6S.C27H25BrN4O3.C26H36BN3O5S/c1-28(2)41(52-47(57)59-3)43(55)37-20-22-61-44(37)38-25-36(26-49-38)30-14-12-29(13-15-30)32-16-17-34-24-35(19-18-33(34)23-32)39-27-50-45(51-39)40-11-8-21-54(40)46(56)42(53-48(58)60-4)31-9-6-5-7-10-31;1-35-27(34)31-24(17-6-3-2-4-7-17)26(33)32-13-5-8-23(32)25-29-16-22(30-25)20-10-9-19-15-21(28)12-11-18(19)14-20;1-16(2)21(29-24(32)33-7)22(31)30-12-13-36-23(30)20-14-18(15-28-20)17-8-10-19(11-9-17)27-34-25(3,4)26(5,6)35-27/h5-7,9-10,12-19,23-24,26-28,37,40-42,44H,8,11,20-22,25H2,1-4H3,(H,50,51)(H,52,57)(H,53,58);2-4,6-7,9-12,14-16,23-24H,5,8,13H2,1H3,(H,29,30)(H,31,34);8-11,15-16,21,23H,12-14H2,1-7H3,(H,29,32)/t37?,40-,41-,42+,44+;23-,24+;21-,23-/m000/s1. The number of amides is 7. The second-order valence-electron chi connectivity index (χ2n) is 35.4. The molecule has 27 nitrogen and oxygen atoms in total. The van der Waals surface area contributed by atoms with Crippen molar-refractivity contribution >= 4 is 144 Å². The molecule has 0 spiro atoms. The van der Waals surface area contributed by atoms with Crippen LogP contribution in [0, 0.1) is 17.8 Å². The van der Waals surface area contributed by atoms with E-state index in [4.69, 9.17) is 43.2 Å². The molecule has 0 radical (unpaired) electrons. The highest BCUT2D eigenvalue weighted by Crippen LogP contribution is 2.44. The zero-order valence-electron chi connectivity index (χ0n) is 76.1. The molecule has 132 heavy (non-hydrogen) atoms. The number of benzene rings is 8. The molecule has 2 aromatic heterocycles. The number of likely N-dealkylation sites (tertiary alicyclic amines) is 2. The van der Waals surface area contributed by atoms with Gasteiger partial charge in [0, 0.05) is 77.9 Å². The molecule has 6 N–H and O–H groups in total. The molecule has 7 aliphatic heterocycles. The Bertz CT molecular complexity index is 6030. The van der Waals surface area contributed by atoms with E-state index in [0.717, 1.165) is 148 Å². The number of nitrogens with one attached hydrogen (secondary N) is 6. The van der Waals surface area contributed by atoms with Crippen molar-refractivity contribution in [3.8, 4) is 33.6 Å². The van der Waals surface area contributed by atoms with Crippen molar-refractivity contribution < 1.29 is 66.6 Å². The Morgan fingerprint density at radius 2 is 0.902 bits per heavy atom. The van der Waals surface area contributed by atoms with Crippen LogP contribution in [0.4, 0.5) is 19.2 Å². The van der Waals surface area contributed by atoms with Crippen LogP contribution in [0.15, 0.2) is 221 Å². The van der Waals surface area contributed by atoms with Crippen LogP contribution in [0.3, 0.4) is 0 Å². The van der Waals surface area contributed by atoms with Crippen molar-refractivity contribution in [1.82, 2.24) is 55.9 Å². The Labute approximate surface area is 786 Å². The van der Waals surface area contributed by atoms with Gasteiger partial charge in [0.25, 0.3) is 11.8 Å². The first-order valence-corrected chi connectivity index (χ1v) is 47.5. The number of imidazole rings is 2. The van der Waals surface area contributed by atoms with Gasteiger partial charge in [0.15, 0.2) is 5.78 Å². The topological polar surface area (TPSA) is 332 Å². The Hall–Kier alpha value is -12.2. The average molecular weight is 1890 g/mol. The lowest BCUT2D eigenvalue weighted by atomic mass is 9.78. The molecule has 8 aromatic carbocycles. The lowest BCUT2D eigenvalue weighted by molar-refractivity contribution is -0.135. The van der Waals surface area contributed by atoms with Crippen molar-refractivity contribution in [1.29, 1.82) is 0 Å². The van der Waals surface area contributed by atoms with Gasteiger partial charge in [0.1, 0.15) is 35.1 Å². The SMILES string of the molecule is COC(=O)N[C@@H](C(=O)N1CCC[C@H]1c1ncc(-c2ccc3cc(Br)ccc3c2)[nH]1)c1ccccc1.COC(=O)N[C@H](C(=O)C1CCS[C@H]1C1=NC=C(c2ccc(-c3ccc4cc(-c5cnc([C@@H]6CCCN6C(=O)[C@H](NC(=O)OC)c6ccccc6)[nH]5)ccc4c3)cc2)C1)C(C)C.COC(=O)N[C@H](C(=O)N1CCS[C@H]1C1=NC=C(c2ccc(B3OC(C)(C)C(C)(C)O3)cc2)C1)C(C)C. The molecule has 7 aliphatic rings. The quantitative estimate of drug-likeness (QED) is 0.0256. The summed E-state index contributed by atoms with van der Waals surface area (Å²) in [6, 6.07) is 57.1. The number of thioether (sulfide) groups is 2. The molecule has 9 heterocycles. The summed E-state index contributed by atoms with van der Waals surface area (Å²) in [5.74, 6) is 2.39. The van der Waals surface area contributed by atoms with E-state index in [0.29, 0.717) is 49.4 Å². The van der Waals surface area contributed by atoms with Gasteiger partial charge in [0.05, 0.1) is 92.5 Å². The van der Waals surface area contributed by atoms with Crippen LogP contribution in [0.1, 0.15) is 158 Å². The van der Waals surface area contributed by atoms with Crippen molar-refractivity contribution in [3.63, 3.8) is 0 Å². The summed E-state index contributed by atoms with van der Waals surface area (Å²) < 4.78 is 32.5. The van der Waals surface area contributed by atoms with Gasteiger partial charge in [0.2, 0.25) is 5.91 Å². The van der Waals surface area contributed by atoms with Crippen LogP contribution < -0.4 is 26.7 Å². The third-order valence-corrected chi connectivity index (χ3v) is 29.0. The van der Waals surface area contributed by atoms with Gasteiger partial charge in [-0.05, 0) is 179 Å². The molecule has 0 bridgehead atoms. The van der Waals surface area contributed by atoms with Crippen molar-refractivity contribution in [3.05, 3.63) is 245 Å². The molecule has 5 saturated heterocycles. The molecule has 17 rings (SSSR count). The molecular formula is C101H111BBrN13O14S2. The number of aliphatic imine (C=N–C) groups is 2. The second kappa shape index (κ2) is 41.7. The molecule has 1 unspecified atom stereocenters. The van der Waals surface area contributed by atoms with Crippen LogP contribution in [0.2, 0.25) is 0 Å². The summed E-state index contributed by atoms with van der Waals surface area (Å²) in [7, 11) is 4.79. The van der Waals surface area contributed by atoms with Gasteiger partial charge >= 0.3 is 31.5 Å². The van der Waals surface area contributed by atoms with Gasteiger partial charge in [-0.3, -0.25) is 29.2 Å². The van der Waals surface area contributed by atoms with Crippen molar-refractivity contribution in [2.45, 2.75) is 158 Å². The number of alkyl carbamates (subject to hydrolysis) is 4. The molecule has 9 atom stereocenters. The van der Waals surface area contributed by atoms with E-state index in [1.165, 1.54) is 28.4 Å². The number of fused-ring (bicyclic) bond motifs is 2. The van der Waals surface area contributed by atoms with Gasteiger partial charge < -0.3 is 74.2 Å². The lowest BCUT2D eigenvalue weighted by Gasteiger charge is -2.32. The number of allylic oxidation sites excluding steroid dienone is 2. The largest absolute Gasteiger partial charge is 0.494 e. The zero-order chi connectivity index (χ0) is 93.2. The minimum absolute atomic E-state index is 0.0144. The minimum Gasteiger partial charge on any atom is -0.453 e. The number of rotatable bonds is 23.